The summed E-state index contributed by atoms with van der Waals surface area (Å²) in [5.41, 5.74) is 0.977. The molecular weight excluding hydrogens is 252 g/mol. The number of hydrogen-bond donors (Lipinski definition) is 0. The number of aromatic nitrogens is 3. The quantitative estimate of drug-likeness (QED) is 0.663. The van der Waals surface area contributed by atoms with E-state index in [4.69, 9.17) is 4.42 Å². The van der Waals surface area contributed by atoms with Crippen LogP contribution in [0.4, 0.5) is 8.78 Å². The van der Waals surface area contributed by atoms with Crippen molar-refractivity contribution in [3.05, 3.63) is 54.4 Å². The summed E-state index contributed by atoms with van der Waals surface area (Å²) >= 11 is 0. The molecule has 4 nitrogen and oxygen atoms in total. The Balaban J connectivity index is 1.97. The number of hydrogen-bond acceptors (Lipinski definition) is 4. The molecule has 0 saturated heterocycles. The minimum atomic E-state index is -0.589. The predicted molar refractivity (Wildman–Crippen MR) is 62.9 cm³/mol. The van der Waals surface area contributed by atoms with Crippen molar-refractivity contribution in [1.82, 2.24) is 15.2 Å². The minimum Gasteiger partial charge on any atom is -0.416 e. The van der Waals surface area contributed by atoms with E-state index in [1.165, 1.54) is 30.5 Å². The predicted octanol–water partition coefficient (Wildman–Crippen LogP) is 3.08. The Labute approximate surface area is 106 Å². The molecule has 3 aromatic rings. The molecule has 0 fully saturated rings. The average molecular weight is 259 g/mol. The third-order valence-electron chi connectivity index (χ3n) is 2.47. The smallest absolute Gasteiger partial charge is 0.249 e. The van der Waals surface area contributed by atoms with E-state index < -0.39 is 5.95 Å². The van der Waals surface area contributed by atoms with Gasteiger partial charge in [0.1, 0.15) is 5.82 Å². The highest BCUT2D eigenvalue weighted by atomic mass is 19.1. The van der Waals surface area contributed by atoms with E-state index in [-0.39, 0.29) is 17.6 Å². The Morgan fingerprint density at radius 2 is 1.68 bits per heavy atom. The molecule has 0 saturated carbocycles. The monoisotopic (exact) mass is 259 g/mol. The molecule has 2 heterocycles. The van der Waals surface area contributed by atoms with Crippen LogP contribution < -0.4 is 0 Å². The van der Waals surface area contributed by atoms with Gasteiger partial charge in [0.2, 0.25) is 17.7 Å². The lowest BCUT2D eigenvalue weighted by molar-refractivity contribution is 0.574. The normalized spacial score (nSPS) is 10.6. The van der Waals surface area contributed by atoms with Crippen LogP contribution in [0, 0.1) is 11.8 Å². The number of benzene rings is 1. The second kappa shape index (κ2) is 4.56. The Morgan fingerprint density at radius 3 is 2.37 bits per heavy atom. The molecule has 0 radical (unpaired) electrons. The van der Waals surface area contributed by atoms with Gasteiger partial charge in [0, 0.05) is 11.8 Å². The summed E-state index contributed by atoms with van der Waals surface area (Å²) < 4.78 is 31.2. The summed E-state index contributed by atoms with van der Waals surface area (Å²) in [6, 6.07) is 8.49. The van der Waals surface area contributed by atoms with Gasteiger partial charge in [-0.05, 0) is 30.3 Å². The number of rotatable bonds is 2. The van der Waals surface area contributed by atoms with Crippen LogP contribution in [0.15, 0.2) is 47.0 Å². The van der Waals surface area contributed by atoms with E-state index >= 15 is 0 Å². The number of halogens is 2. The van der Waals surface area contributed by atoms with Gasteiger partial charge in [-0.2, -0.15) is 4.39 Å². The van der Waals surface area contributed by atoms with Crippen LogP contribution in [-0.4, -0.2) is 15.2 Å². The van der Waals surface area contributed by atoms with Gasteiger partial charge < -0.3 is 4.42 Å². The molecule has 3 rings (SSSR count). The van der Waals surface area contributed by atoms with Crippen molar-refractivity contribution in [2.45, 2.75) is 0 Å². The molecule has 0 unspecified atom stereocenters. The Kier molecular flexibility index (Phi) is 2.75. The molecule has 0 aliphatic rings. The molecular formula is C13H7F2N3O. The van der Waals surface area contributed by atoms with Crippen molar-refractivity contribution in [2.24, 2.45) is 0 Å². The molecule has 1 aromatic carbocycles. The number of nitrogens with zero attached hydrogens (tertiary/aromatic N) is 3. The maximum atomic E-state index is 13.1. The summed E-state index contributed by atoms with van der Waals surface area (Å²) in [5.74, 6) is -0.583. The van der Waals surface area contributed by atoms with E-state index in [1.807, 2.05) is 0 Å². The lowest BCUT2D eigenvalue weighted by atomic mass is 10.2. The summed E-state index contributed by atoms with van der Waals surface area (Å²) in [6.07, 6.45) is 1.29. The Morgan fingerprint density at radius 1 is 0.895 bits per heavy atom. The molecule has 0 aliphatic carbocycles. The zero-order valence-corrected chi connectivity index (χ0v) is 9.55. The van der Waals surface area contributed by atoms with Crippen LogP contribution in [0.2, 0.25) is 0 Å². The lowest BCUT2D eigenvalue weighted by Crippen LogP contribution is -1.83. The first kappa shape index (κ1) is 11.5. The van der Waals surface area contributed by atoms with Gasteiger partial charge in [-0.15, -0.1) is 10.2 Å². The van der Waals surface area contributed by atoms with Crippen LogP contribution in [0.25, 0.3) is 22.9 Å². The van der Waals surface area contributed by atoms with E-state index in [1.54, 1.807) is 12.1 Å². The molecule has 0 atom stereocenters. The van der Waals surface area contributed by atoms with Crippen LogP contribution in [0.5, 0.6) is 0 Å². The Bertz CT molecular complexity index is 710. The van der Waals surface area contributed by atoms with Crippen LogP contribution >= 0.6 is 0 Å². The fraction of sp³-hybridized carbons (Fsp3) is 0. The van der Waals surface area contributed by atoms with Gasteiger partial charge in [0.05, 0.1) is 5.56 Å². The van der Waals surface area contributed by atoms with Crippen molar-refractivity contribution in [2.75, 3.05) is 0 Å². The van der Waals surface area contributed by atoms with Crippen molar-refractivity contribution in [3.63, 3.8) is 0 Å². The first-order valence-electron chi connectivity index (χ1n) is 5.44. The molecule has 94 valence electrons. The minimum absolute atomic E-state index is 0.193. The van der Waals surface area contributed by atoms with Gasteiger partial charge in [-0.1, -0.05) is 6.07 Å². The second-order valence-electron chi connectivity index (χ2n) is 3.79. The lowest BCUT2D eigenvalue weighted by Gasteiger charge is -1.95. The molecule has 0 N–H and O–H groups in total. The topological polar surface area (TPSA) is 51.8 Å². The summed E-state index contributed by atoms with van der Waals surface area (Å²) in [4.78, 5) is 3.50. The standard InChI is InChI=1S/C13H7F2N3O/c14-10-3-1-2-8(6-10)12-17-18-13(19-12)9-4-5-11(15)16-7-9/h1-7H. The van der Waals surface area contributed by atoms with Gasteiger partial charge in [-0.25, -0.2) is 9.37 Å². The van der Waals surface area contributed by atoms with Crippen molar-refractivity contribution < 1.29 is 13.2 Å². The van der Waals surface area contributed by atoms with Crippen molar-refractivity contribution in [3.8, 4) is 22.9 Å². The maximum absolute atomic E-state index is 13.1. The molecule has 2 aromatic heterocycles. The van der Waals surface area contributed by atoms with Gasteiger partial charge in [0.15, 0.2) is 0 Å². The zero-order chi connectivity index (χ0) is 13.2. The first-order chi connectivity index (χ1) is 9.22. The number of pyridine rings is 1. The third-order valence-corrected chi connectivity index (χ3v) is 2.47. The fourth-order valence-electron chi connectivity index (χ4n) is 1.58. The van der Waals surface area contributed by atoms with Gasteiger partial charge in [0.25, 0.3) is 0 Å². The van der Waals surface area contributed by atoms with Crippen molar-refractivity contribution >= 4 is 0 Å². The third kappa shape index (κ3) is 2.33. The van der Waals surface area contributed by atoms with Gasteiger partial charge >= 0.3 is 0 Å². The van der Waals surface area contributed by atoms with Gasteiger partial charge in [-0.3, -0.25) is 0 Å². The van der Waals surface area contributed by atoms with Crippen LogP contribution in [0.1, 0.15) is 0 Å². The molecule has 19 heavy (non-hydrogen) atoms. The van der Waals surface area contributed by atoms with E-state index in [0.29, 0.717) is 11.1 Å². The highest BCUT2D eigenvalue weighted by Crippen LogP contribution is 2.23. The van der Waals surface area contributed by atoms with Crippen LogP contribution in [-0.2, 0) is 0 Å². The first-order valence-corrected chi connectivity index (χ1v) is 5.44. The van der Waals surface area contributed by atoms with E-state index in [0.717, 1.165) is 0 Å². The van der Waals surface area contributed by atoms with E-state index in [2.05, 4.69) is 15.2 Å². The highest BCUT2D eigenvalue weighted by Gasteiger charge is 2.11. The SMILES string of the molecule is Fc1cccc(-c2nnc(-c3ccc(F)nc3)o2)c1. The summed E-state index contributed by atoms with van der Waals surface area (Å²) in [7, 11) is 0. The molecule has 6 heteroatoms. The molecule has 0 amide bonds. The molecule has 0 bridgehead atoms. The Hall–Kier alpha value is -2.63. The highest BCUT2D eigenvalue weighted by molar-refractivity contribution is 5.56. The average Bonchev–Trinajstić information content (AvgIpc) is 2.89. The van der Waals surface area contributed by atoms with Crippen molar-refractivity contribution in [1.29, 1.82) is 0 Å². The van der Waals surface area contributed by atoms with Crippen LogP contribution in [0.3, 0.4) is 0 Å². The summed E-state index contributed by atoms with van der Waals surface area (Å²) in [5, 5.41) is 7.64. The zero-order valence-electron chi connectivity index (χ0n) is 9.55. The largest absolute Gasteiger partial charge is 0.416 e. The molecule has 0 spiro atoms. The second-order valence-corrected chi connectivity index (χ2v) is 3.79. The summed E-state index contributed by atoms with van der Waals surface area (Å²) in [6.45, 7) is 0. The maximum Gasteiger partial charge on any atom is 0.249 e. The molecule has 0 aliphatic heterocycles. The fourth-order valence-corrected chi connectivity index (χ4v) is 1.58. The van der Waals surface area contributed by atoms with E-state index in [9.17, 15) is 8.78 Å².